The number of thioether (sulfide) groups is 1. The number of fused-ring (bicyclic) bond motifs is 2. The molecule has 1 aromatic carbocycles. The summed E-state index contributed by atoms with van der Waals surface area (Å²) < 4.78 is 0. The maximum atomic E-state index is 12.9. The molecule has 2 fully saturated rings. The van der Waals surface area contributed by atoms with E-state index in [9.17, 15) is 9.59 Å². The molecule has 0 spiro atoms. The van der Waals surface area contributed by atoms with Gasteiger partial charge in [-0.15, -0.1) is 0 Å². The number of aliphatic imine (C=N–C) groups is 1. The van der Waals surface area contributed by atoms with Crippen molar-refractivity contribution in [1.82, 2.24) is 5.32 Å². The monoisotopic (exact) mass is 383 g/mol. The lowest BCUT2D eigenvalue weighted by atomic mass is 10.0. The molecule has 1 saturated heterocycles. The van der Waals surface area contributed by atoms with E-state index in [-0.39, 0.29) is 24.3 Å². The van der Waals surface area contributed by atoms with Crippen LogP contribution in [0.3, 0.4) is 0 Å². The lowest BCUT2D eigenvalue weighted by Gasteiger charge is -2.23. The van der Waals surface area contributed by atoms with Crippen molar-refractivity contribution < 1.29 is 9.59 Å². The maximum Gasteiger partial charge on any atom is 0.240 e. The quantitative estimate of drug-likeness (QED) is 0.794. The molecular weight excluding hydrogens is 358 g/mol. The van der Waals surface area contributed by atoms with E-state index < -0.39 is 5.25 Å². The van der Waals surface area contributed by atoms with E-state index in [1.54, 1.807) is 4.90 Å². The van der Waals surface area contributed by atoms with Gasteiger partial charge in [0, 0.05) is 18.7 Å². The third-order valence-corrected chi connectivity index (χ3v) is 6.78. The molecule has 2 aliphatic carbocycles. The number of hydrogen-bond acceptors (Lipinski definition) is 4. The minimum absolute atomic E-state index is 0.0245. The summed E-state index contributed by atoms with van der Waals surface area (Å²) in [5, 5.41) is 3.17. The lowest BCUT2D eigenvalue weighted by Crippen LogP contribution is -2.35. The van der Waals surface area contributed by atoms with Gasteiger partial charge in [0.2, 0.25) is 11.8 Å². The Morgan fingerprint density at radius 1 is 1.30 bits per heavy atom. The third kappa shape index (κ3) is 3.68. The highest BCUT2D eigenvalue weighted by atomic mass is 32.2. The normalized spacial score (nSPS) is 30.1. The van der Waals surface area contributed by atoms with Crippen molar-refractivity contribution in [3.63, 3.8) is 0 Å². The van der Waals surface area contributed by atoms with Crippen molar-refractivity contribution in [1.29, 1.82) is 0 Å². The molecule has 3 aliphatic rings. The molecule has 6 heteroatoms. The van der Waals surface area contributed by atoms with E-state index in [1.807, 2.05) is 38.1 Å². The number of amidine groups is 1. The molecule has 2 bridgehead atoms. The number of carbonyl (C=O) groups is 2. The first-order valence-corrected chi connectivity index (χ1v) is 10.5. The Morgan fingerprint density at radius 3 is 2.78 bits per heavy atom. The molecule has 4 rings (SSSR count). The Morgan fingerprint density at radius 2 is 2.11 bits per heavy atom. The fourth-order valence-electron chi connectivity index (χ4n) is 4.27. The number of aryl methyl sites for hydroxylation is 1. The average Bonchev–Trinajstić information content (AvgIpc) is 3.34. The van der Waals surface area contributed by atoms with E-state index in [2.05, 4.69) is 17.5 Å². The number of rotatable bonds is 5. The van der Waals surface area contributed by atoms with Gasteiger partial charge in [0.25, 0.3) is 0 Å². The zero-order valence-electron chi connectivity index (χ0n) is 15.7. The second kappa shape index (κ2) is 7.50. The number of para-hydroxylation sites is 1. The largest absolute Gasteiger partial charge is 0.312 e. The van der Waals surface area contributed by atoms with E-state index in [1.165, 1.54) is 18.2 Å². The number of benzene rings is 1. The highest BCUT2D eigenvalue weighted by Crippen LogP contribution is 2.41. The van der Waals surface area contributed by atoms with Crippen molar-refractivity contribution in [2.24, 2.45) is 16.8 Å². The van der Waals surface area contributed by atoms with Gasteiger partial charge in [0.15, 0.2) is 5.17 Å². The summed E-state index contributed by atoms with van der Waals surface area (Å²) in [6.07, 6.45) is 6.99. The smallest absolute Gasteiger partial charge is 0.240 e. The van der Waals surface area contributed by atoms with Crippen LogP contribution < -0.4 is 10.2 Å². The summed E-state index contributed by atoms with van der Waals surface area (Å²) in [7, 11) is 0. The van der Waals surface area contributed by atoms with Gasteiger partial charge in [0.1, 0.15) is 5.25 Å². The molecule has 1 aliphatic heterocycles. The minimum atomic E-state index is -0.400. The molecule has 0 aromatic heterocycles. The third-order valence-electron chi connectivity index (χ3n) is 5.69. The molecule has 4 unspecified atom stereocenters. The summed E-state index contributed by atoms with van der Waals surface area (Å²) in [5.41, 5.74) is 1.97. The van der Waals surface area contributed by atoms with Crippen LogP contribution in [-0.2, 0) is 9.59 Å². The van der Waals surface area contributed by atoms with Crippen LogP contribution in [0, 0.1) is 18.8 Å². The molecule has 0 radical (unpaired) electrons. The summed E-state index contributed by atoms with van der Waals surface area (Å²) >= 11 is 1.41. The van der Waals surface area contributed by atoms with Crippen LogP contribution in [0.15, 0.2) is 41.4 Å². The van der Waals surface area contributed by atoms with Crippen molar-refractivity contribution >= 4 is 34.4 Å². The summed E-state index contributed by atoms with van der Waals surface area (Å²) in [6.45, 7) is 4.54. The number of allylic oxidation sites excluding steroid dienone is 1. The fraction of sp³-hybridized carbons (Fsp3) is 0.476. The highest BCUT2D eigenvalue weighted by molar-refractivity contribution is 8.15. The fourth-order valence-corrected chi connectivity index (χ4v) is 5.28. The van der Waals surface area contributed by atoms with Crippen LogP contribution in [0.1, 0.15) is 31.7 Å². The van der Waals surface area contributed by atoms with E-state index in [0.717, 1.165) is 17.7 Å². The van der Waals surface area contributed by atoms with Crippen LogP contribution >= 0.6 is 11.8 Å². The molecule has 5 nitrogen and oxygen atoms in total. The molecule has 1 heterocycles. The standard InChI is InChI=1S/C21H25N3O2S/c1-3-24(17-7-5-4-6-13(17)2)19(25)12-18-20(26)23-21(27-18)22-16-11-14-8-9-15(16)10-14/h4-9,14-16,18H,3,10-12H2,1-2H3,(H,22,23,26). The van der Waals surface area contributed by atoms with Gasteiger partial charge in [-0.3, -0.25) is 14.6 Å². The second-order valence-electron chi connectivity index (χ2n) is 7.51. The van der Waals surface area contributed by atoms with Gasteiger partial charge in [-0.1, -0.05) is 42.1 Å². The molecular formula is C21H25N3O2S. The molecule has 142 valence electrons. The number of anilines is 1. The summed E-state index contributed by atoms with van der Waals surface area (Å²) in [6, 6.07) is 8.12. The minimum Gasteiger partial charge on any atom is -0.312 e. The Kier molecular flexibility index (Phi) is 5.08. The summed E-state index contributed by atoms with van der Waals surface area (Å²) in [4.78, 5) is 31.8. The van der Waals surface area contributed by atoms with E-state index >= 15 is 0 Å². The van der Waals surface area contributed by atoms with Gasteiger partial charge in [-0.25, -0.2) is 0 Å². The van der Waals surface area contributed by atoms with Crippen LogP contribution in [-0.4, -0.2) is 34.8 Å². The van der Waals surface area contributed by atoms with Gasteiger partial charge in [-0.2, -0.15) is 0 Å². The molecule has 4 atom stereocenters. The lowest BCUT2D eigenvalue weighted by molar-refractivity contribution is -0.123. The maximum absolute atomic E-state index is 12.9. The topological polar surface area (TPSA) is 61.8 Å². The predicted molar refractivity (Wildman–Crippen MR) is 110 cm³/mol. The van der Waals surface area contributed by atoms with Crippen LogP contribution in [0.5, 0.6) is 0 Å². The second-order valence-corrected chi connectivity index (χ2v) is 8.70. The Labute approximate surface area is 164 Å². The molecule has 27 heavy (non-hydrogen) atoms. The first kappa shape index (κ1) is 18.3. The number of hydrogen-bond donors (Lipinski definition) is 1. The van der Waals surface area contributed by atoms with E-state index in [0.29, 0.717) is 23.5 Å². The van der Waals surface area contributed by atoms with E-state index in [4.69, 9.17) is 4.99 Å². The average molecular weight is 384 g/mol. The van der Waals surface area contributed by atoms with Crippen LogP contribution in [0.4, 0.5) is 5.69 Å². The molecule has 1 N–H and O–H groups in total. The Bertz CT molecular complexity index is 819. The molecule has 2 amide bonds. The number of amides is 2. The Balaban J connectivity index is 1.42. The SMILES string of the molecule is CCN(C(=O)CC1SC(=NC2CC3C=CC2C3)NC1=O)c1ccccc1C. The Hall–Kier alpha value is -2.08. The van der Waals surface area contributed by atoms with Gasteiger partial charge < -0.3 is 10.2 Å². The van der Waals surface area contributed by atoms with Crippen LogP contribution in [0.2, 0.25) is 0 Å². The zero-order chi connectivity index (χ0) is 19.0. The first-order valence-electron chi connectivity index (χ1n) is 9.64. The first-order chi connectivity index (χ1) is 13.0. The van der Waals surface area contributed by atoms with Crippen LogP contribution in [0.25, 0.3) is 0 Å². The van der Waals surface area contributed by atoms with Gasteiger partial charge >= 0.3 is 0 Å². The number of nitrogens with zero attached hydrogens (tertiary/aromatic N) is 2. The van der Waals surface area contributed by atoms with Gasteiger partial charge in [0.05, 0.1) is 6.04 Å². The molecule has 1 saturated carbocycles. The summed E-state index contributed by atoms with van der Waals surface area (Å²) in [5.74, 6) is 1.03. The van der Waals surface area contributed by atoms with Crippen molar-refractivity contribution in [2.75, 3.05) is 11.4 Å². The number of carbonyl (C=O) groups excluding carboxylic acids is 2. The highest BCUT2D eigenvalue weighted by Gasteiger charge is 2.38. The van der Waals surface area contributed by atoms with Crippen molar-refractivity contribution in [3.05, 3.63) is 42.0 Å². The number of nitrogens with one attached hydrogen (secondary N) is 1. The predicted octanol–water partition coefficient (Wildman–Crippen LogP) is 3.29. The molecule has 1 aromatic rings. The zero-order valence-corrected chi connectivity index (χ0v) is 16.5. The van der Waals surface area contributed by atoms with Gasteiger partial charge in [-0.05, 0) is 50.2 Å². The van der Waals surface area contributed by atoms with Crippen molar-refractivity contribution in [2.45, 2.75) is 44.4 Å². The van der Waals surface area contributed by atoms with Crippen molar-refractivity contribution in [3.8, 4) is 0 Å².